The lowest BCUT2D eigenvalue weighted by Gasteiger charge is -2.08. The summed E-state index contributed by atoms with van der Waals surface area (Å²) in [5, 5.41) is 4.41. The quantitative estimate of drug-likeness (QED) is 0.841. The lowest BCUT2D eigenvalue weighted by atomic mass is 10.4. The fraction of sp³-hybridized carbons (Fsp3) is 0.545. The lowest BCUT2D eigenvalue weighted by molar-refractivity contribution is 0.152. The molecule has 2 heterocycles. The third-order valence-corrected chi connectivity index (χ3v) is 3.10. The van der Waals surface area contributed by atoms with Crippen LogP contribution >= 0.6 is 11.6 Å². The zero-order valence-corrected chi connectivity index (χ0v) is 11.6. The number of carbonyl (C=O) groups excluding carboxylic acids is 1. The molecule has 104 valence electrons. The van der Waals surface area contributed by atoms with Crippen molar-refractivity contribution in [2.24, 2.45) is 5.73 Å². The van der Waals surface area contributed by atoms with Crippen molar-refractivity contribution in [3.05, 3.63) is 11.5 Å². The molecule has 0 atom stereocenters. The highest BCUT2D eigenvalue weighted by Crippen LogP contribution is 2.20. The molecular weight excluding hydrogens is 270 g/mol. The second kappa shape index (κ2) is 5.48. The maximum Gasteiger partial charge on any atom is 0.404 e. The zero-order chi connectivity index (χ0) is 14.0. The normalized spacial score (nSPS) is 11.1. The molecule has 0 aromatic carbocycles. The molecule has 0 radical (unpaired) electrons. The van der Waals surface area contributed by atoms with Gasteiger partial charge in [0.2, 0.25) is 0 Å². The van der Waals surface area contributed by atoms with Gasteiger partial charge in [-0.1, -0.05) is 0 Å². The number of amides is 1. The van der Waals surface area contributed by atoms with Crippen LogP contribution in [-0.4, -0.2) is 32.0 Å². The highest BCUT2D eigenvalue weighted by molar-refractivity contribution is 6.16. The van der Waals surface area contributed by atoms with Crippen LogP contribution in [0.25, 0.3) is 11.2 Å². The molecule has 0 fully saturated rings. The average molecular weight is 286 g/mol. The summed E-state index contributed by atoms with van der Waals surface area (Å²) >= 11 is 5.90. The van der Waals surface area contributed by atoms with Crippen molar-refractivity contribution in [3.63, 3.8) is 0 Å². The van der Waals surface area contributed by atoms with Gasteiger partial charge < -0.3 is 15.0 Å². The molecule has 0 spiro atoms. The molecule has 0 aliphatic rings. The highest BCUT2D eigenvalue weighted by Gasteiger charge is 2.17. The monoisotopic (exact) mass is 285 g/mol. The number of aryl methyl sites for hydroxylation is 2. The van der Waals surface area contributed by atoms with E-state index in [1.807, 2.05) is 23.1 Å². The Hall–Kier alpha value is -1.76. The number of hydrogen-bond donors (Lipinski definition) is 1. The van der Waals surface area contributed by atoms with E-state index in [0.29, 0.717) is 6.54 Å². The van der Waals surface area contributed by atoms with Gasteiger partial charge in [0.1, 0.15) is 17.9 Å². The van der Waals surface area contributed by atoms with E-state index in [1.54, 1.807) is 0 Å². The minimum absolute atomic E-state index is 0.179. The van der Waals surface area contributed by atoms with Crippen molar-refractivity contribution in [2.75, 3.05) is 6.61 Å². The number of rotatable bonds is 5. The molecule has 0 saturated heterocycles. The predicted molar refractivity (Wildman–Crippen MR) is 71.0 cm³/mol. The topological polar surface area (TPSA) is 88.0 Å². The van der Waals surface area contributed by atoms with Gasteiger partial charge in [-0.15, -0.1) is 11.6 Å². The van der Waals surface area contributed by atoms with E-state index in [2.05, 4.69) is 10.1 Å². The molecule has 0 saturated carbocycles. The Labute approximate surface area is 115 Å². The molecule has 0 aliphatic carbocycles. The summed E-state index contributed by atoms with van der Waals surface area (Å²) in [6.07, 6.45) is -0.788. The molecule has 1 amide bonds. The first-order valence-electron chi connectivity index (χ1n) is 5.99. The van der Waals surface area contributed by atoms with Gasteiger partial charge in [0.05, 0.1) is 18.1 Å². The molecule has 8 heteroatoms. The number of imidazole rings is 1. The molecule has 2 rings (SSSR count). The van der Waals surface area contributed by atoms with Crippen LogP contribution in [0.15, 0.2) is 0 Å². The number of alkyl halides is 1. The minimum atomic E-state index is -0.788. The highest BCUT2D eigenvalue weighted by atomic mass is 35.5. The summed E-state index contributed by atoms with van der Waals surface area (Å²) in [5.74, 6) is 1.02. The maximum absolute atomic E-state index is 10.6. The van der Waals surface area contributed by atoms with E-state index in [0.717, 1.165) is 29.2 Å². The van der Waals surface area contributed by atoms with Gasteiger partial charge >= 0.3 is 6.09 Å². The van der Waals surface area contributed by atoms with Crippen molar-refractivity contribution in [2.45, 2.75) is 32.8 Å². The summed E-state index contributed by atoms with van der Waals surface area (Å²) in [6, 6.07) is 0. The summed E-state index contributed by atoms with van der Waals surface area (Å²) in [5.41, 5.74) is 7.53. The molecule has 2 N–H and O–H groups in total. The van der Waals surface area contributed by atoms with Crippen LogP contribution in [0.4, 0.5) is 4.79 Å². The Bertz CT molecular complexity index is 604. The van der Waals surface area contributed by atoms with Crippen LogP contribution in [0.2, 0.25) is 0 Å². The summed E-state index contributed by atoms with van der Waals surface area (Å²) in [6.45, 7) is 5.27. The van der Waals surface area contributed by atoms with E-state index in [-0.39, 0.29) is 12.5 Å². The molecule has 0 bridgehead atoms. The molecule has 0 aliphatic heterocycles. The smallest absolute Gasteiger partial charge is 0.404 e. The van der Waals surface area contributed by atoms with Crippen molar-refractivity contribution in [1.82, 2.24) is 19.3 Å². The summed E-state index contributed by atoms with van der Waals surface area (Å²) < 4.78 is 8.53. The van der Waals surface area contributed by atoms with Crippen LogP contribution in [-0.2, 0) is 23.7 Å². The van der Waals surface area contributed by atoms with Crippen molar-refractivity contribution < 1.29 is 9.53 Å². The number of halogens is 1. The Morgan fingerprint density at radius 2 is 2.26 bits per heavy atom. The Kier molecular flexibility index (Phi) is 3.94. The Balaban J connectivity index is 2.40. The maximum atomic E-state index is 10.6. The zero-order valence-electron chi connectivity index (χ0n) is 10.9. The Morgan fingerprint density at radius 3 is 2.84 bits per heavy atom. The SMILES string of the molecule is CCn1nc(C)c2nc(CCl)n(CCOC(N)=O)c21. The molecule has 2 aromatic rings. The van der Waals surface area contributed by atoms with Crippen molar-refractivity contribution >= 4 is 28.9 Å². The van der Waals surface area contributed by atoms with Crippen LogP contribution in [0.5, 0.6) is 0 Å². The fourth-order valence-electron chi connectivity index (χ4n) is 2.06. The number of primary amides is 1. The fourth-order valence-corrected chi connectivity index (χ4v) is 2.27. The summed E-state index contributed by atoms with van der Waals surface area (Å²) in [7, 11) is 0. The van der Waals surface area contributed by atoms with E-state index >= 15 is 0 Å². The van der Waals surface area contributed by atoms with Crippen LogP contribution < -0.4 is 5.73 Å². The number of aromatic nitrogens is 4. The third-order valence-electron chi connectivity index (χ3n) is 2.86. The van der Waals surface area contributed by atoms with Gasteiger partial charge in [-0.05, 0) is 13.8 Å². The number of carbonyl (C=O) groups is 1. The molecule has 19 heavy (non-hydrogen) atoms. The van der Waals surface area contributed by atoms with Crippen molar-refractivity contribution in [1.29, 1.82) is 0 Å². The molecule has 7 nitrogen and oxygen atoms in total. The van der Waals surface area contributed by atoms with Gasteiger partial charge in [-0.3, -0.25) is 0 Å². The van der Waals surface area contributed by atoms with E-state index in [9.17, 15) is 4.79 Å². The summed E-state index contributed by atoms with van der Waals surface area (Å²) in [4.78, 5) is 15.1. The van der Waals surface area contributed by atoms with Gasteiger partial charge in [0, 0.05) is 6.54 Å². The van der Waals surface area contributed by atoms with E-state index in [1.165, 1.54) is 0 Å². The standard InChI is InChI=1S/C11H16ClN5O2/c1-3-17-10-9(7(2)15-17)14-8(6-12)16(10)4-5-19-11(13)18/h3-6H2,1-2H3,(H2,13,18). The number of hydrogen-bond acceptors (Lipinski definition) is 4. The third kappa shape index (κ3) is 2.51. The number of ether oxygens (including phenoxy) is 1. The average Bonchev–Trinajstić information content (AvgIpc) is 2.88. The van der Waals surface area contributed by atoms with Gasteiger partial charge in [-0.2, -0.15) is 5.10 Å². The van der Waals surface area contributed by atoms with Gasteiger partial charge in [0.25, 0.3) is 0 Å². The van der Waals surface area contributed by atoms with Crippen molar-refractivity contribution in [3.8, 4) is 0 Å². The second-order valence-electron chi connectivity index (χ2n) is 4.05. The second-order valence-corrected chi connectivity index (χ2v) is 4.32. The lowest BCUT2D eigenvalue weighted by Crippen LogP contribution is -2.18. The number of nitrogens with zero attached hydrogens (tertiary/aromatic N) is 4. The van der Waals surface area contributed by atoms with E-state index in [4.69, 9.17) is 22.1 Å². The van der Waals surface area contributed by atoms with Gasteiger partial charge in [-0.25, -0.2) is 14.5 Å². The van der Waals surface area contributed by atoms with Crippen LogP contribution in [0, 0.1) is 6.92 Å². The van der Waals surface area contributed by atoms with Crippen LogP contribution in [0.1, 0.15) is 18.4 Å². The largest absolute Gasteiger partial charge is 0.448 e. The molecule has 0 unspecified atom stereocenters. The van der Waals surface area contributed by atoms with Gasteiger partial charge in [0.15, 0.2) is 5.65 Å². The van der Waals surface area contributed by atoms with E-state index < -0.39 is 6.09 Å². The minimum Gasteiger partial charge on any atom is -0.448 e. The first-order chi connectivity index (χ1) is 9.08. The number of fused-ring (bicyclic) bond motifs is 1. The molecule has 2 aromatic heterocycles. The molecular formula is C11H16ClN5O2. The Morgan fingerprint density at radius 1 is 1.53 bits per heavy atom. The number of nitrogens with two attached hydrogens (primary N) is 1. The first-order valence-corrected chi connectivity index (χ1v) is 6.52. The first kappa shape index (κ1) is 13.7. The van der Waals surface area contributed by atoms with Crippen LogP contribution in [0.3, 0.4) is 0 Å². The predicted octanol–water partition coefficient (Wildman–Crippen LogP) is 1.40.